The molecule has 2 N–H and O–H groups in total. The van der Waals surface area contributed by atoms with E-state index in [0.29, 0.717) is 6.54 Å². The van der Waals surface area contributed by atoms with Crippen molar-refractivity contribution in [1.29, 1.82) is 0 Å². The van der Waals surface area contributed by atoms with Crippen molar-refractivity contribution < 1.29 is 13.6 Å². The lowest BCUT2D eigenvalue weighted by molar-refractivity contribution is 0.0142. The van der Waals surface area contributed by atoms with E-state index in [2.05, 4.69) is 10.6 Å². The summed E-state index contributed by atoms with van der Waals surface area (Å²) in [4.78, 5) is 11.2. The van der Waals surface area contributed by atoms with Gasteiger partial charge in [0.1, 0.15) is 0 Å². The number of rotatable bonds is 5. The maximum absolute atomic E-state index is 12.5. The third kappa shape index (κ3) is 6.50. The first-order valence-corrected chi connectivity index (χ1v) is 5.41. The molecule has 5 heteroatoms. The van der Waals surface area contributed by atoms with Gasteiger partial charge < -0.3 is 10.6 Å². The Kier molecular flexibility index (Phi) is 4.87. The van der Waals surface area contributed by atoms with Crippen LogP contribution in [0.3, 0.4) is 0 Å². The summed E-state index contributed by atoms with van der Waals surface area (Å²) in [5.74, 6) is -2.74. The van der Waals surface area contributed by atoms with E-state index in [1.807, 2.05) is 30.3 Å². The van der Waals surface area contributed by atoms with Crippen LogP contribution in [0.2, 0.25) is 0 Å². The van der Waals surface area contributed by atoms with Gasteiger partial charge in [0, 0.05) is 19.5 Å². The molecule has 0 saturated heterocycles. The van der Waals surface area contributed by atoms with E-state index in [4.69, 9.17) is 0 Å². The summed E-state index contributed by atoms with van der Waals surface area (Å²) >= 11 is 0. The molecule has 17 heavy (non-hydrogen) atoms. The number of urea groups is 1. The number of hydrogen-bond donors (Lipinski definition) is 2. The van der Waals surface area contributed by atoms with Gasteiger partial charge in [-0.15, -0.1) is 0 Å². The van der Waals surface area contributed by atoms with E-state index in [9.17, 15) is 13.6 Å². The molecule has 1 aromatic carbocycles. The summed E-state index contributed by atoms with van der Waals surface area (Å²) in [7, 11) is 0. The molecule has 0 saturated carbocycles. The minimum absolute atomic E-state index is 0.0376. The number of alkyl halides is 2. The van der Waals surface area contributed by atoms with Crippen molar-refractivity contribution in [3.8, 4) is 0 Å². The SMILES string of the molecule is CC(F)(F)CCNC(=O)NCc1ccccc1. The van der Waals surface area contributed by atoms with Gasteiger partial charge in [-0.3, -0.25) is 0 Å². The van der Waals surface area contributed by atoms with Crippen LogP contribution >= 0.6 is 0 Å². The second-order valence-corrected chi connectivity index (χ2v) is 3.92. The Balaban J connectivity index is 2.18. The molecule has 0 aliphatic carbocycles. The third-order valence-corrected chi connectivity index (χ3v) is 2.15. The topological polar surface area (TPSA) is 41.1 Å². The van der Waals surface area contributed by atoms with E-state index >= 15 is 0 Å². The Morgan fingerprint density at radius 2 is 1.88 bits per heavy atom. The Hall–Kier alpha value is -1.65. The first-order chi connectivity index (χ1) is 7.97. The molecule has 0 fully saturated rings. The average molecular weight is 242 g/mol. The predicted octanol–water partition coefficient (Wildman–Crippen LogP) is 2.53. The second-order valence-electron chi connectivity index (χ2n) is 3.92. The molecule has 0 aliphatic rings. The molecule has 94 valence electrons. The Labute approximate surface area is 99.2 Å². The summed E-state index contributed by atoms with van der Waals surface area (Å²) in [5.41, 5.74) is 0.962. The summed E-state index contributed by atoms with van der Waals surface area (Å²) in [5, 5.41) is 4.97. The van der Waals surface area contributed by atoms with E-state index in [0.717, 1.165) is 12.5 Å². The fourth-order valence-electron chi connectivity index (χ4n) is 1.24. The van der Waals surface area contributed by atoms with Crippen molar-refractivity contribution in [3.05, 3.63) is 35.9 Å². The third-order valence-electron chi connectivity index (χ3n) is 2.15. The zero-order valence-corrected chi connectivity index (χ0v) is 9.67. The number of hydrogen-bond acceptors (Lipinski definition) is 1. The largest absolute Gasteiger partial charge is 0.338 e. The molecule has 0 spiro atoms. The summed E-state index contributed by atoms with van der Waals surface area (Å²) in [6.45, 7) is 1.18. The van der Waals surface area contributed by atoms with Crippen molar-refractivity contribution in [3.63, 3.8) is 0 Å². The van der Waals surface area contributed by atoms with E-state index < -0.39 is 12.0 Å². The maximum Gasteiger partial charge on any atom is 0.315 e. The highest BCUT2D eigenvalue weighted by atomic mass is 19.3. The maximum atomic E-state index is 12.5. The van der Waals surface area contributed by atoms with Gasteiger partial charge in [0.05, 0.1) is 0 Å². The van der Waals surface area contributed by atoms with Crippen LogP contribution in [-0.4, -0.2) is 18.5 Å². The quantitative estimate of drug-likeness (QED) is 0.818. The Bertz CT molecular complexity index is 349. The van der Waals surface area contributed by atoms with Crippen molar-refractivity contribution in [2.45, 2.75) is 25.8 Å². The van der Waals surface area contributed by atoms with Gasteiger partial charge in [0.15, 0.2) is 0 Å². The predicted molar refractivity (Wildman–Crippen MR) is 61.9 cm³/mol. The molecule has 0 heterocycles. The van der Waals surface area contributed by atoms with Gasteiger partial charge in [-0.2, -0.15) is 0 Å². The highest BCUT2D eigenvalue weighted by Gasteiger charge is 2.20. The van der Waals surface area contributed by atoms with Gasteiger partial charge in [0.2, 0.25) is 5.92 Å². The molecule has 0 aromatic heterocycles. The zero-order valence-electron chi connectivity index (χ0n) is 9.67. The van der Waals surface area contributed by atoms with Crippen LogP contribution in [-0.2, 0) is 6.54 Å². The first kappa shape index (κ1) is 13.4. The van der Waals surface area contributed by atoms with Crippen LogP contribution in [0.25, 0.3) is 0 Å². The zero-order chi connectivity index (χ0) is 12.7. The fraction of sp³-hybridized carbons (Fsp3) is 0.417. The van der Waals surface area contributed by atoms with Crippen molar-refractivity contribution in [2.24, 2.45) is 0 Å². The van der Waals surface area contributed by atoms with Crippen LogP contribution in [0, 0.1) is 0 Å². The van der Waals surface area contributed by atoms with Crippen LogP contribution in [0.1, 0.15) is 18.9 Å². The van der Waals surface area contributed by atoms with Crippen LogP contribution in [0.5, 0.6) is 0 Å². The number of halogens is 2. The average Bonchev–Trinajstić information content (AvgIpc) is 2.26. The first-order valence-electron chi connectivity index (χ1n) is 5.41. The molecular formula is C12H16F2N2O. The lowest BCUT2D eigenvalue weighted by atomic mass is 10.2. The van der Waals surface area contributed by atoms with E-state index in [1.54, 1.807) is 0 Å². The number of carbonyl (C=O) groups is 1. The minimum Gasteiger partial charge on any atom is -0.338 e. The van der Waals surface area contributed by atoms with Crippen LogP contribution < -0.4 is 10.6 Å². The van der Waals surface area contributed by atoms with Gasteiger partial charge in [0.25, 0.3) is 0 Å². The Morgan fingerprint density at radius 3 is 2.47 bits per heavy atom. The molecular weight excluding hydrogens is 226 g/mol. The highest BCUT2D eigenvalue weighted by Crippen LogP contribution is 2.14. The van der Waals surface area contributed by atoms with Gasteiger partial charge in [-0.25, -0.2) is 13.6 Å². The molecule has 0 bridgehead atoms. The number of nitrogens with one attached hydrogen (secondary N) is 2. The standard InChI is InChI=1S/C12H16F2N2O/c1-12(13,14)7-8-15-11(17)16-9-10-5-3-2-4-6-10/h2-6H,7-9H2,1H3,(H2,15,16,17). The number of carbonyl (C=O) groups excluding carboxylic acids is 1. The van der Waals surface area contributed by atoms with Crippen molar-refractivity contribution >= 4 is 6.03 Å². The normalized spacial score (nSPS) is 11.0. The minimum atomic E-state index is -2.74. The lowest BCUT2D eigenvalue weighted by Crippen LogP contribution is -2.37. The molecule has 2 amide bonds. The molecule has 0 radical (unpaired) electrons. The second kappa shape index (κ2) is 6.18. The summed E-state index contributed by atoms with van der Waals surface area (Å²) in [6, 6.07) is 8.94. The molecule has 0 unspecified atom stereocenters. The lowest BCUT2D eigenvalue weighted by Gasteiger charge is -2.11. The van der Waals surface area contributed by atoms with Gasteiger partial charge in [-0.1, -0.05) is 30.3 Å². The van der Waals surface area contributed by atoms with Gasteiger partial charge in [-0.05, 0) is 12.5 Å². The van der Waals surface area contributed by atoms with Crippen LogP contribution in [0.15, 0.2) is 30.3 Å². The fourth-order valence-corrected chi connectivity index (χ4v) is 1.24. The van der Waals surface area contributed by atoms with Gasteiger partial charge >= 0.3 is 6.03 Å². The monoisotopic (exact) mass is 242 g/mol. The molecule has 1 rings (SSSR count). The smallest absolute Gasteiger partial charge is 0.315 e. The van der Waals surface area contributed by atoms with Crippen molar-refractivity contribution in [2.75, 3.05) is 6.54 Å². The Morgan fingerprint density at radius 1 is 1.24 bits per heavy atom. The summed E-state index contributed by atoms with van der Waals surface area (Å²) < 4.78 is 24.9. The number of benzene rings is 1. The molecule has 0 atom stereocenters. The highest BCUT2D eigenvalue weighted by molar-refractivity contribution is 5.73. The summed E-state index contributed by atoms with van der Waals surface area (Å²) in [6.07, 6.45) is -0.355. The van der Waals surface area contributed by atoms with E-state index in [-0.39, 0.29) is 13.0 Å². The molecule has 3 nitrogen and oxygen atoms in total. The molecule has 0 aliphatic heterocycles. The van der Waals surface area contributed by atoms with Crippen LogP contribution in [0.4, 0.5) is 13.6 Å². The number of amides is 2. The van der Waals surface area contributed by atoms with Crippen molar-refractivity contribution in [1.82, 2.24) is 10.6 Å². The molecule has 1 aromatic rings. The van der Waals surface area contributed by atoms with E-state index in [1.165, 1.54) is 0 Å².